The summed E-state index contributed by atoms with van der Waals surface area (Å²) in [5.74, 6) is -0.865. The molecule has 0 spiro atoms. The maximum atomic E-state index is 10.7. The summed E-state index contributed by atoms with van der Waals surface area (Å²) in [5.41, 5.74) is 0.376. The summed E-state index contributed by atoms with van der Waals surface area (Å²) in [5, 5.41) is 18.0. The van der Waals surface area contributed by atoms with Crippen LogP contribution in [-0.4, -0.2) is 46.8 Å². The van der Waals surface area contributed by atoms with Crippen molar-refractivity contribution in [2.75, 3.05) is 19.7 Å². The Morgan fingerprint density at radius 2 is 2.19 bits per heavy atom. The van der Waals surface area contributed by atoms with Gasteiger partial charge in [0.2, 0.25) is 0 Å². The van der Waals surface area contributed by atoms with Crippen LogP contribution in [-0.2, 0) is 4.79 Å². The fraction of sp³-hybridized carbons (Fsp3) is 0.750. The van der Waals surface area contributed by atoms with E-state index in [0.29, 0.717) is 12.1 Å². The van der Waals surface area contributed by atoms with Crippen LogP contribution >= 0.6 is 0 Å². The Morgan fingerprint density at radius 3 is 2.81 bits per heavy atom. The first-order valence-corrected chi connectivity index (χ1v) is 5.90. The normalized spacial score (nSPS) is 24.1. The number of hydrogen-bond donors (Lipinski definition) is 2. The zero-order valence-corrected chi connectivity index (χ0v) is 9.85. The number of aliphatic carboxylic acids is 1. The van der Waals surface area contributed by atoms with E-state index in [2.05, 4.69) is 4.90 Å². The number of carboxylic acid groups (broad SMARTS) is 1. The van der Waals surface area contributed by atoms with Crippen LogP contribution in [0.4, 0.5) is 0 Å². The van der Waals surface area contributed by atoms with Gasteiger partial charge in [-0.25, -0.2) is 4.79 Å². The number of likely N-dealkylation sites (tertiary alicyclic amines) is 1. The van der Waals surface area contributed by atoms with Crippen LogP contribution in [0.3, 0.4) is 0 Å². The minimum absolute atomic E-state index is 0.167. The van der Waals surface area contributed by atoms with Crippen molar-refractivity contribution in [1.82, 2.24) is 4.90 Å². The molecule has 1 rings (SSSR count). The van der Waals surface area contributed by atoms with E-state index in [0.717, 1.165) is 25.8 Å². The number of carbonyl (C=O) groups is 1. The molecule has 16 heavy (non-hydrogen) atoms. The van der Waals surface area contributed by atoms with E-state index in [1.807, 2.05) is 0 Å². The van der Waals surface area contributed by atoms with Gasteiger partial charge < -0.3 is 10.2 Å². The third-order valence-electron chi connectivity index (χ3n) is 3.18. The van der Waals surface area contributed by atoms with Gasteiger partial charge in [-0.05, 0) is 26.3 Å². The molecule has 0 aliphatic carbocycles. The second-order valence-corrected chi connectivity index (χ2v) is 4.37. The van der Waals surface area contributed by atoms with Gasteiger partial charge in [0, 0.05) is 18.2 Å². The molecule has 0 bridgehead atoms. The van der Waals surface area contributed by atoms with Crippen LogP contribution in [0.5, 0.6) is 0 Å². The molecule has 1 aliphatic heterocycles. The van der Waals surface area contributed by atoms with Crippen molar-refractivity contribution in [2.45, 2.75) is 38.6 Å². The average molecular weight is 227 g/mol. The average Bonchev–Trinajstić information content (AvgIpc) is 2.50. The molecular weight excluding hydrogens is 206 g/mol. The molecule has 0 amide bonds. The maximum Gasteiger partial charge on any atom is 0.330 e. The predicted octanol–water partition coefficient (Wildman–Crippen LogP) is 1.25. The van der Waals surface area contributed by atoms with Crippen LogP contribution in [0.2, 0.25) is 0 Å². The molecular formula is C12H21NO3. The van der Waals surface area contributed by atoms with Crippen LogP contribution in [0.25, 0.3) is 0 Å². The lowest BCUT2D eigenvalue weighted by Gasteiger charge is -2.27. The number of carboxylic acids is 1. The van der Waals surface area contributed by atoms with Crippen molar-refractivity contribution in [1.29, 1.82) is 0 Å². The first-order chi connectivity index (χ1) is 7.65. The van der Waals surface area contributed by atoms with E-state index in [4.69, 9.17) is 5.11 Å². The van der Waals surface area contributed by atoms with Gasteiger partial charge in [-0.2, -0.15) is 0 Å². The summed E-state index contributed by atoms with van der Waals surface area (Å²) in [6, 6.07) is 0.195. The van der Waals surface area contributed by atoms with E-state index in [1.165, 1.54) is 6.42 Å². The first-order valence-electron chi connectivity index (χ1n) is 5.90. The molecule has 1 atom stereocenters. The summed E-state index contributed by atoms with van der Waals surface area (Å²) in [4.78, 5) is 12.8. The third-order valence-corrected chi connectivity index (χ3v) is 3.18. The molecule has 0 radical (unpaired) electrons. The van der Waals surface area contributed by atoms with Crippen molar-refractivity contribution in [3.05, 3.63) is 11.6 Å². The van der Waals surface area contributed by atoms with Crippen LogP contribution < -0.4 is 0 Å². The minimum Gasteiger partial charge on any atom is -0.478 e. The highest BCUT2D eigenvalue weighted by Crippen LogP contribution is 2.16. The molecule has 1 heterocycles. The van der Waals surface area contributed by atoms with Gasteiger partial charge >= 0.3 is 5.97 Å². The third kappa shape index (κ3) is 3.94. The van der Waals surface area contributed by atoms with Crippen LogP contribution in [0, 0.1) is 0 Å². The highest BCUT2D eigenvalue weighted by atomic mass is 16.4. The predicted molar refractivity (Wildman–Crippen MR) is 62.3 cm³/mol. The van der Waals surface area contributed by atoms with Gasteiger partial charge in [-0.3, -0.25) is 4.90 Å². The summed E-state index contributed by atoms with van der Waals surface area (Å²) < 4.78 is 0. The molecule has 0 saturated carbocycles. The van der Waals surface area contributed by atoms with Crippen molar-refractivity contribution >= 4 is 5.97 Å². The van der Waals surface area contributed by atoms with Gasteiger partial charge in [0.25, 0.3) is 0 Å². The summed E-state index contributed by atoms with van der Waals surface area (Å²) in [6.45, 7) is 3.35. The van der Waals surface area contributed by atoms with Crippen LogP contribution in [0.15, 0.2) is 11.6 Å². The van der Waals surface area contributed by atoms with E-state index in [1.54, 1.807) is 13.0 Å². The quantitative estimate of drug-likeness (QED) is 0.710. The standard InChI is InChI=1S/C12H21NO3/c1-10(12(15)16)6-8-13-7-4-2-3-5-11(13)9-14/h6,11,14H,2-5,7-9H2,1H3,(H,15,16). The monoisotopic (exact) mass is 227 g/mol. The SMILES string of the molecule is CC(=CCN1CCCCCC1CO)C(=O)O. The molecule has 0 aromatic rings. The van der Waals surface area contributed by atoms with E-state index in [9.17, 15) is 9.90 Å². The fourth-order valence-electron chi connectivity index (χ4n) is 2.03. The van der Waals surface area contributed by atoms with Crippen LogP contribution in [0.1, 0.15) is 32.6 Å². The lowest BCUT2D eigenvalue weighted by atomic mass is 10.1. The van der Waals surface area contributed by atoms with Gasteiger partial charge in [0.05, 0.1) is 6.61 Å². The topological polar surface area (TPSA) is 60.8 Å². The molecule has 0 aromatic carbocycles. The largest absolute Gasteiger partial charge is 0.478 e. The fourth-order valence-corrected chi connectivity index (χ4v) is 2.03. The minimum atomic E-state index is -0.865. The van der Waals surface area contributed by atoms with Crippen molar-refractivity contribution in [3.8, 4) is 0 Å². The molecule has 1 fully saturated rings. The molecule has 0 aromatic heterocycles. The summed E-state index contributed by atoms with van der Waals surface area (Å²) in [6.07, 6.45) is 6.24. The zero-order chi connectivity index (χ0) is 12.0. The molecule has 1 unspecified atom stereocenters. The molecule has 92 valence electrons. The Balaban J connectivity index is 2.55. The Morgan fingerprint density at radius 1 is 1.44 bits per heavy atom. The lowest BCUT2D eigenvalue weighted by molar-refractivity contribution is -0.132. The Kier molecular flexibility index (Phi) is 5.49. The first kappa shape index (κ1) is 13.2. The van der Waals surface area contributed by atoms with Crippen molar-refractivity contribution in [2.24, 2.45) is 0 Å². The van der Waals surface area contributed by atoms with E-state index >= 15 is 0 Å². The second kappa shape index (κ2) is 6.66. The smallest absolute Gasteiger partial charge is 0.330 e. The van der Waals surface area contributed by atoms with Gasteiger partial charge in [-0.15, -0.1) is 0 Å². The van der Waals surface area contributed by atoms with Gasteiger partial charge in [0.15, 0.2) is 0 Å². The Labute approximate surface area is 96.6 Å². The molecule has 2 N–H and O–H groups in total. The highest BCUT2D eigenvalue weighted by molar-refractivity contribution is 5.85. The van der Waals surface area contributed by atoms with E-state index < -0.39 is 5.97 Å². The Bertz CT molecular complexity index is 263. The number of aliphatic hydroxyl groups is 1. The zero-order valence-electron chi connectivity index (χ0n) is 9.85. The number of rotatable bonds is 4. The summed E-state index contributed by atoms with van der Waals surface area (Å²) >= 11 is 0. The van der Waals surface area contributed by atoms with Crippen molar-refractivity contribution < 1.29 is 15.0 Å². The lowest BCUT2D eigenvalue weighted by Crippen LogP contribution is -2.37. The summed E-state index contributed by atoms with van der Waals surface area (Å²) in [7, 11) is 0. The number of aliphatic hydroxyl groups excluding tert-OH is 1. The van der Waals surface area contributed by atoms with E-state index in [-0.39, 0.29) is 12.6 Å². The number of nitrogens with zero attached hydrogens (tertiary/aromatic N) is 1. The molecule has 1 saturated heterocycles. The molecule has 4 heteroatoms. The maximum absolute atomic E-state index is 10.7. The van der Waals surface area contributed by atoms with Gasteiger partial charge in [0.1, 0.15) is 0 Å². The highest BCUT2D eigenvalue weighted by Gasteiger charge is 2.19. The second-order valence-electron chi connectivity index (χ2n) is 4.37. The number of hydrogen-bond acceptors (Lipinski definition) is 3. The molecule has 4 nitrogen and oxygen atoms in total. The van der Waals surface area contributed by atoms with Gasteiger partial charge in [-0.1, -0.05) is 18.9 Å². The molecule has 1 aliphatic rings. The van der Waals surface area contributed by atoms with Crippen molar-refractivity contribution in [3.63, 3.8) is 0 Å². The Hall–Kier alpha value is -0.870.